The van der Waals surface area contributed by atoms with E-state index in [1.807, 2.05) is 6.07 Å². The largest absolute Gasteiger partial charge is 0.328 e. The van der Waals surface area contributed by atoms with E-state index >= 15 is 0 Å². The summed E-state index contributed by atoms with van der Waals surface area (Å²) in [5.41, 5.74) is 0.919. The SMILES string of the molecule is O=c1[nH]c(C(=S)Nc2ncnc3[nH]ncc23)nc2ccccc12. The Hall–Kier alpha value is -3.20. The van der Waals surface area contributed by atoms with Crippen molar-refractivity contribution in [2.45, 2.75) is 0 Å². The van der Waals surface area contributed by atoms with Gasteiger partial charge in [0.1, 0.15) is 17.1 Å². The number of hydrogen-bond acceptors (Lipinski definition) is 6. The standard InChI is InChI=1S/C14H9N7OS/c22-13-7-3-1-2-4-9(7)18-12(19-13)14(23)20-10-8-5-17-21-11(8)16-6-15-10/h1-6H,(H,18,19,22)(H2,15,16,17,20,21,23). The third-order valence-corrected chi connectivity index (χ3v) is 3.60. The highest BCUT2D eigenvalue weighted by atomic mass is 32.1. The van der Waals surface area contributed by atoms with Crippen LogP contribution in [0.1, 0.15) is 5.82 Å². The predicted molar refractivity (Wildman–Crippen MR) is 89.4 cm³/mol. The zero-order chi connectivity index (χ0) is 15.8. The summed E-state index contributed by atoms with van der Waals surface area (Å²) in [6.45, 7) is 0. The molecule has 4 aromatic rings. The van der Waals surface area contributed by atoms with E-state index in [-0.39, 0.29) is 16.4 Å². The van der Waals surface area contributed by atoms with Crippen molar-refractivity contribution >= 4 is 45.0 Å². The minimum absolute atomic E-state index is 0.245. The van der Waals surface area contributed by atoms with Crippen LogP contribution in [0.25, 0.3) is 21.9 Å². The number of fused-ring (bicyclic) bond motifs is 2. The molecule has 3 heterocycles. The van der Waals surface area contributed by atoms with Crippen molar-refractivity contribution in [3.05, 3.63) is 53.0 Å². The van der Waals surface area contributed by atoms with Crippen LogP contribution in [0.3, 0.4) is 0 Å². The second-order valence-electron chi connectivity index (χ2n) is 4.74. The molecule has 112 valence electrons. The summed E-state index contributed by atoms with van der Waals surface area (Å²) in [5.74, 6) is 0.767. The lowest BCUT2D eigenvalue weighted by Gasteiger charge is -2.07. The van der Waals surface area contributed by atoms with Gasteiger partial charge in [0.05, 0.1) is 22.5 Å². The number of aromatic nitrogens is 6. The van der Waals surface area contributed by atoms with E-state index in [2.05, 4.69) is 35.5 Å². The Morgan fingerprint density at radius 2 is 2.04 bits per heavy atom. The molecule has 9 heteroatoms. The molecule has 3 N–H and O–H groups in total. The summed E-state index contributed by atoms with van der Waals surface area (Å²) in [6, 6.07) is 7.07. The Bertz CT molecular complexity index is 1100. The summed E-state index contributed by atoms with van der Waals surface area (Å²) in [5, 5.41) is 10.8. The molecule has 0 unspecified atom stereocenters. The van der Waals surface area contributed by atoms with Crippen LogP contribution < -0.4 is 10.9 Å². The van der Waals surface area contributed by atoms with Crippen molar-refractivity contribution in [1.82, 2.24) is 30.1 Å². The van der Waals surface area contributed by atoms with Crippen LogP contribution in [0.4, 0.5) is 5.82 Å². The molecule has 23 heavy (non-hydrogen) atoms. The highest BCUT2D eigenvalue weighted by molar-refractivity contribution is 7.81. The monoisotopic (exact) mass is 323 g/mol. The van der Waals surface area contributed by atoms with Crippen LogP contribution in [0.5, 0.6) is 0 Å². The first-order chi connectivity index (χ1) is 11.2. The first-order valence-electron chi connectivity index (χ1n) is 6.67. The number of aromatic amines is 2. The van der Waals surface area contributed by atoms with Gasteiger partial charge in [-0.15, -0.1) is 0 Å². The second-order valence-corrected chi connectivity index (χ2v) is 5.15. The molecular formula is C14H9N7OS. The number of rotatable bonds is 2. The highest BCUT2D eigenvalue weighted by Gasteiger charge is 2.11. The minimum Gasteiger partial charge on any atom is -0.328 e. The van der Waals surface area contributed by atoms with Crippen molar-refractivity contribution in [2.75, 3.05) is 5.32 Å². The molecule has 0 saturated heterocycles. The van der Waals surface area contributed by atoms with E-state index in [0.717, 1.165) is 0 Å². The number of thiocarbonyl (C=S) groups is 1. The van der Waals surface area contributed by atoms with Crippen LogP contribution in [0, 0.1) is 0 Å². The normalized spacial score (nSPS) is 11.0. The molecule has 0 aliphatic heterocycles. The lowest BCUT2D eigenvalue weighted by Crippen LogP contribution is -2.20. The maximum absolute atomic E-state index is 12.1. The van der Waals surface area contributed by atoms with Gasteiger partial charge in [-0.25, -0.2) is 15.0 Å². The van der Waals surface area contributed by atoms with Gasteiger partial charge in [0.2, 0.25) is 0 Å². The van der Waals surface area contributed by atoms with Gasteiger partial charge in [-0.2, -0.15) is 5.10 Å². The average molecular weight is 323 g/mol. The molecule has 4 rings (SSSR count). The van der Waals surface area contributed by atoms with Crippen LogP contribution in [-0.4, -0.2) is 35.1 Å². The molecule has 0 amide bonds. The Balaban J connectivity index is 1.75. The van der Waals surface area contributed by atoms with Crippen LogP contribution >= 0.6 is 12.2 Å². The predicted octanol–water partition coefficient (Wildman–Crippen LogP) is 1.38. The first kappa shape index (κ1) is 13.5. The van der Waals surface area contributed by atoms with E-state index in [4.69, 9.17) is 12.2 Å². The molecule has 0 fully saturated rings. The van der Waals surface area contributed by atoms with Gasteiger partial charge in [-0.3, -0.25) is 9.89 Å². The maximum atomic E-state index is 12.1. The lowest BCUT2D eigenvalue weighted by atomic mass is 10.2. The van der Waals surface area contributed by atoms with Crippen LogP contribution in [-0.2, 0) is 0 Å². The number of H-pyrrole nitrogens is 2. The van der Waals surface area contributed by atoms with E-state index in [1.165, 1.54) is 6.33 Å². The molecule has 0 radical (unpaired) electrons. The Morgan fingerprint density at radius 1 is 1.17 bits per heavy atom. The molecule has 0 spiro atoms. The number of anilines is 1. The van der Waals surface area contributed by atoms with Gasteiger partial charge in [0.25, 0.3) is 5.56 Å². The topological polar surface area (TPSA) is 112 Å². The third-order valence-electron chi connectivity index (χ3n) is 3.31. The number of hydrogen-bond donors (Lipinski definition) is 3. The number of nitrogens with zero attached hydrogens (tertiary/aromatic N) is 4. The number of para-hydroxylation sites is 1. The summed E-state index contributed by atoms with van der Waals surface area (Å²) >= 11 is 5.33. The molecule has 0 saturated carbocycles. The van der Waals surface area contributed by atoms with Gasteiger partial charge in [0.15, 0.2) is 11.5 Å². The van der Waals surface area contributed by atoms with Gasteiger partial charge in [-0.05, 0) is 12.1 Å². The molecule has 0 bridgehead atoms. The quantitative estimate of drug-likeness (QED) is 0.478. The van der Waals surface area contributed by atoms with Gasteiger partial charge in [0, 0.05) is 0 Å². The number of benzene rings is 1. The molecule has 8 nitrogen and oxygen atoms in total. The molecule has 0 aliphatic carbocycles. The van der Waals surface area contributed by atoms with Crippen molar-refractivity contribution in [1.29, 1.82) is 0 Å². The zero-order valence-electron chi connectivity index (χ0n) is 11.6. The summed E-state index contributed by atoms with van der Waals surface area (Å²) < 4.78 is 0. The Kier molecular flexibility index (Phi) is 3.05. The second kappa shape index (κ2) is 5.21. The third kappa shape index (κ3) is 2.32. The molecule has 0 atom stereocenters. The zero-order valence-corrected chi connectivity index (χ0v) is 12.4. The minimum atomic E-state index is -0.245. The van der Waals surface area contributed by atoms with E-state index < -0.39 is 0 Å². The highest BCUT2D eigenvalue weighted by Crippen LogP contribution is 2.17. The molecule has 1 aromatic carbocycles. The van der Waals surface area contributed by atoms with Gasteiger partial charge < -0.3 is 10.3 Å². The van der Waals surface area contributed by atoms with E-state index in [9.17, 15) is 4.79 Å². The van der Waals surface area contributed by atoms with Crippen LogP contribution in [0.2, 0.25) is 0 Å². The van der Waals surface area contributed by atoms with Gasteiger partial charge in [-0.1, -0.05) is 24.4 Å². The van der Waals surface area contributed by atoms with E-state index in [1.54, 1.807) is 24.4 Å². The Labute approximate surface area is 134 Å². The van der Waals surface area contributed by atoms with Crippen molar-refractivity contribution < 1.29 is 0 Å². The fraction of sp³-hybridized carbons (Fsp3) is 0. The fourth-order valence-corrected chi connectivity index (χ4v) is 2.42. The fourth-order valence-electron chi connectivity index (χ4n) is 2.23. The Morgan fingerprint density at radius 3 is 2.96 bits per heavy atom. The van der Waals surface area contributed by atoms with Gasteiger partial charge >= 0.3 is 0 Å². The summed E-state index contributed by atoms with van der Waals surface area (Å²) in [6.07, 6.45) is 2.98. The first-order valence-corrected chi connectivity index (χ1v) is 7.08. The lowest BCUT2D eigenvalue weighted by molar-refractivity contribution is 1.09. The van der Waals surface area contributed by atoms with Crippen molar-refractivity contribution in [3.63, 3.8) is 0 Å². The number of nitrogens with one attached hydrogen (secondary N) is 3. The van der Waals surface area contributed by atoms with Crippen LogP contribution in [0.15, 0.2) is 41.6 Å². The van der Waals surface area contributed by atoms with Crippen molar-refractivity contribution in [3.8, 4) is 0 Å². The molecule has 0 aliphatic rings. The molecule has 3 aromatic heterocycles. The smallest absolute Gasteiger partial charge is 0.259 e. The average Bonchev–Trinajstić information content (AvgIpc) is 3.04. The van der Waals surface area contributed by atoms with Crippen molar-refractivity contribution in [2.24, 2.45) is 0 Å². The summed E-state index contributed by atoms with van der Waals surface area (Å²) in [7, 11) is 0. The van der Waals surface area contributed by atoms with E-state index in [0.29, 0.717) is 27.8 Å². The summed E-state index contributed by atoms with van der Waals surface area (Å²) in [4.78, 5) is 27.6. The molecular weight excluding hydrogens is 314 g/mol. The maximum Gasteiger partial charge on any atom is 0.259 e.